The minimum atomic E-state index is 0.560. The normalized spacial score (nSPS) is 10.6. The summed E-state index contributed by atoms with van der Waals surface area (Å²) >= 11 is 3.44. The number of aromatic nitrogens is 3. The predicted molar refractivity (Wildman–Crippen MR) is 72.4 cm³/mol. The van der Waals surface area contributed by atoms with E-state index in [1.165, 1.54) is 0 Å². The summed E-state index contributed by atoms with van der Waals surface area (Å²) in [5.74, 6) is 0.841. The molecule has 0 unspecified atom stereocenters. The van der Waals surface area contributed by atoms with E-state index in [0.717, 1.165) is 22.5 Å². The van der Waals surface area contributed by atoms with Crippen LogP contribution in [0.2, 0.25) is 0 Å². The van der Waals surface area contributed by atoms with E-state index in [1.807, 2.05) is 37.5 Å². The standard InChI is InChI=1S/C12H15BrN4O/c1-14-8-10-9-17(16-15-10)6-7-18-12-5-3-2-4-11(12)13/h2-5,9,14H,6-8H2,1H3. The fourth-order valence-electron chi connectivity index (χ4n) is 1.52. The molecule has 0 aliphatic carbocycles. The van der Waals surface area contributed by atoms with Gasteiger partial charge in [0.05, 0.1) is 16.7 Å². The molecule has 18 heavy (non-hydrogen) atoms. The molecule has 0 aliphatic rings. The maximum absolute atomic E-state index is 5.66. The van der Waals surface area contributed by atoms with Crippen molar-refractivity contribution < 1.29 is 4.74 Å². The Hall–Kier alpha value is -1.40. The number of halogens is 1. The smallest absolute Gasteiger partial charge is 0.133 e. The minimum absolute atomic E-state index is 0.560. The van der Waals surface area contributed by atoms with Gasteiger partial charge in [-0.1, -0.05) is 17.3 Å². The lowest BCUT2D eigenvalue weighted by atomic mass is 10.3. The summed E-state index contributed by atoms with van der Waals surface area (Å²) in [4.78, 5) is 0. The van der Waals surface area contributed by atoms with Crippen LogP contribution in [0.4, 0.5) is 0 Å². The number of nitrogens with one attached hydrogen (secondary N) is 1. The molecule has 0 radical (unpaired) electrons. The third-order valence-corrected chi connectivity index (χ3v) is 3.01. The molecular weight excluding hydrogens is 296 g/mol. The van der Waals surface area contributed by atoms with Gasteiger partial charge in [0, 0.05) is 12.7 Å². The van der Waals surface area contributed by atoms with Gasteiger partial charge in [-0.15, -0.1) is 5.10 Å². The Bertz CT molecular complexity index is 500. The third-order valence-electron chi connectivity index (χ3n) is 2.36. The molecule has 96 valence electrons. The van der Waals surface area contributed by atoms with Crippen LogP contribution in [-0.4, -0.2) is 28.6 Å². The van der Waals surface area contributed by atoms with Gasteiger partial charge >= 0.3 is 0 Å². The van der Waals surface area contributed by atoms with Crippen molar-refractivity contribution in [2.24, 2.45) is 0 Å². The van der Waals surface area contributed by atoms with E-state index >= 15 is 0 Å². The van der Waals surface area contributed by atoms with E-state index in [-0.39, 0.29) is 0 Å². The van der Waals surface area contributed by atoms with Gasteiger partial charge < -0.3 is 10.1 Å². The Morgan fingerprint density at radius 2 is 2.22 bits per heavy atom. The SMILES string of the molecule is CNCc1cn(CCOc2ccccc2Br)nn1. The number of hydrogen-bond donors (Lipinski definition) is 1. The second-order valence-corrected chi connectivity index (χ2v) is 4.64. The third kappa shape index (κ3) is 3.54. The first kappa shape index (κ1) is 13.0. The summed E-state index contributed by atoms with van der Waals surface area (Å²) in [6.45, 7) is 1.97. The molecular formula is C12H15BrN4O. The molecule has 0 bridgehead atoms. The van der Waals surface area contributed by atoms with Crippen molar-refractivity contribution >= 4 is 15.9 Å². The summed E-state index contributed by atoms with van der Waals surface area (Å²) < 4.78 is 8.40. The van der Waals surface area contributed by atoms with Crippen molar-refractivity contribution in [2.45, 2.75) is 13.1 Å². The maximum atomic E-state index is 5.66. The van der Waals surface area contributed by atoms with Crippen molar-refractivity contribution in [3.63, 3.8) is 0 Å². The molecule has 0 aliphatic heterocycles. The van der Waals surface area contributed by atoms with E-state index in [1.54, 1.807) is 4.68 Å². The Balaban J connectivity index is 1.83. The van der Waals surface area contributed by atoms with Gasteiger partial charge in [0.25, 0.3) is 0 Å². The van der Waals surface area contributed by atoms with E-state index in [2.05, 4.69) is 31.6 Å². The van der Waals surface area contributed by atoms with Crippen molar-refractivity contribution in [3.05, 3.63) is 40.6 Å². The second-order valence-electron chi connectivity index (χ2n) is 3.78. The quantitative estimate of drug-likeness (QED) is 0.884. The van der Waals surface area contributed by atoms with Gasteiger partial charge in [0.15, 0.2) is 0 Å². The van der Waals surface area contributed by atoms with E-state index in [4.69, 9.17) is 4.74 Å². The summed E-state index contributed by atoms with van der Waals surface area (Å²) in [5.41, 5.74) is 0.929. The molecule has 1 heterocycles. The summed E-state index contributed by atoms with van der Waals surface area (Å²) in [6.07, 6.45) is 1.92. The number of para-hydroxylation sites is 1. The predicted octanol–water partition coefficient (Wildman–Crippen LogP) is 1.84. The van der Waals surface area contributed by atoms with Crippen molar-refractivity contribution in [1.29, 1.82) is 0 Å². The van der Waals surface area contributed by atoms with Crippen molar-refractivity contribution in [1.82, 2.24) is 20.3 Å². The lowest BCUT2D eigenvalue weighted by molar-refractivity contribution is 0.288. The van der Waals surface area contributed by atoms with Gasteiger partial charge in [0.1, 0.15) is 12.4 Å². The molecule has 0 fully saturated rings. The second kappa shape index (κ2) is 6.51. The van der Waals surface area contributed by atoms with E-state index < -0.39 is 0 Å². The fourth-order valence-corrected chi connectivity index (χ4v) is 1.92. The van der Waals surface area contributed by atoms with Gasteiger partial charge in [0.2, 0.25) is 0 Å². The molecule has 0 atom stereocenters. The fraction of sp³-hybridized carbons (Fsp3) is 0.333. The largest absolute Gasteiger partial charge is 0.490 e. The highest BCUT2D eigenvalue weighted by atomic mass is 79.9. The zero-order valence-corrected chi connectivity index (χ0v) is 11.7. The molecule has 5 nitrogen and oxygen atoms in total. The zero-order valence-electron chi connectivity index (χ0n) is 10.1. The average molecular weight is 311 g/mol. The molecule has 2 rings (SSSR count). The Morgan fingerprint density at radius 1 is 1.39 bits per heavy atom. The molecule has 6 heteroatoms. The zero-order chi connectivity index (χ0) is 12.8. The number of hydrogen-bond acceptors (Lipinski definition) is 4. The monoisotopic (exact) mass is 310 g/mol. The highest BCUT2D eigenvalue weighted by Gasteiger charge is 2.01. The van der Waals surface area contributed by atoms with Gasteiger partial charge in [-0.25, -0.2) is 4.68 Å². The van der Waals surface area contributed by atoms with Crippen LogP contribution >= 0.6 is 15.9 Å². The van der Waals surface area contributed by atoms with Crippen molar-refractivity contribution in [3.8, 4) is 5.75 Å². The Morgan fingerprint density at radius 3 is 3.00 bits per heavy atom. The molecule has 0 amide bonds. The first-order chi connectivity index (χ1) is 8.79. The van der Waals surface area contributed by atoms with Crippen LogP contribution in [0.5, 0.6) is 5.75 Å². The molecule has 1 N–H and O–H groups in total. The first-order valence-electron chi connectivity index (χ1n) is 5.70. The minimum Gasteiger partial charge on any atom is -0.490 e. The van der Waals surface area contributed by atoms with Crippen LogP contribution in [0.3, 0.4) is 0 Å². The van der Waals surface area contributed by atoms with Gasteiger partial charge in [-0.3, -0.25) is 0 Å². The van der Waals surface area contributed by atoms with Crippen LogP contribution in [-0.2, 0) is 13.1 Å². The number of ether oxygens (including phenoxy) is 1. The first-order valence-corrected chi connectivity index (χ1v) is 6.50. The maximum Gasteiger partial charge on any atom is 0.133 e. The van der Waals surface area contributed by atoms with Crippen LogP contribution < -0.4 is 10.1 Å². The van der Waals surface area contributed by atoms with Crippen LogP contribution in [0.15, 0.2) is 34.9 Å². The van der Waals surface area contributed by atoms with E-state index in [9.17, 15) is 0 Å². The highest BCUT2D eigenvalue weighted by Crippen LogP contribution is 2.23. The molecule has 1 aromatic heterocycles. The molecule has 0 spiro atoms. The molecule has 2 aromatic rings. The summed E-state index contributed by atoms with van der Waals surface area (Å²) in [5, 5.41) is 11.1. The number of benzene rings is 1. The lowest BCUT2D eigenvalue weighted by Crippen LogP contribution is -2.09. The highest BCUT2D eigenvalue weighted by molar-refractivity contribution is 9.10. The van der Waals surface area contributed by atoms with Gasteiger partial charge in [-0.05, 0) is 35.1 Å². The Kier molecular flexibility index (Phi) is 4.72. The van der Waals surface area contributed by atoms with Crippen LogP contribution in [0.1, 0.15) is 5.69 Å². The van der Waals surface area contributed by atoms with Crippen LogP contribution in [0, 0.1) is 0 Å². The van der Waals surface area contributed by atoms with Gasteiger partial charge in [-0.2, -0.15) is 0 Å². The number of nitrogens with zero attached hydrogens (tertiary/aromatic N) is 3. The van der Waals surface area contributed by atoms with Crippen molar-refractivity contribution in [2.75, 3.05) is 13.7 Å². The molecule has 0 saturated heterocycles. The lowest BCUT2D eigenvalue weighted by Gasteiger charge is -2.07. The number of rotatable bonds is 6. The average Bonchev–Trinajstić information content (AvgIpc) is 2.80. The molecule has 0 saturated carbocycles. The Labute approximate surface area is 114 Å². The molecule has 1 aromatic carbocycles. The summed E-state index contributed by atoms with van der Waals surface area (Å²) in [6, 6.07) is 7.78. The van der Waals surface area contributed by atoms with Crippen LogP contribution in [0.25, 0.3) is 0 Å². The topological polar surface area (TPSA) is 52.0 Å². The van der Waals surface area contributed by atoms with E-state index in [0.29, 0.717) is 13.2 Å². The summed E-state index contributed by atoms with van der Waals surface area (Å²) in [7, 11) is 1.88.